The lowest BCUT2D eigenvalue weighted by atomic mass is 10.1. The fourth-order valence-electron chi connectivity index (χ4n) is 2.69. The van der Waals surface area contributed by atoms with Crippen LogP contribution in [0.15, 0.2) is 67.0 Å². The Bertz CT molecular complexity index is 840. The standard InChI is InChI=1S/C22H25N3O2/c1-2-3-12-27-19-11-7-10-18(13-19)20-14-22(25-16-24-20)23-15-21(26)17-8-5-4-6-9-17/h4-11,13-14,16,21,26H,2-3,12,15H2,1H3,(H,23,24,25)/t21-/m0/s1. The van der Waals surface area contributed by atoms with Gasteiger partial charge in [-0.2, -0.15) is 0 Å². The summed E-state index contributed by atoms with van der Waals surface area (Å²) in [5, 5.41) is 13.5. The normalized spacial score (nSPS) is 11.8. The van der Waals surface area contributed by atoms with Crippen molar-refractivity contribution in [2.45, 2.75) is 25.9 Å². The zero-order chi connectivity index (χ0) is 18.9. The van der Waals surface area contributed by atoms with Crippen LogP contribution in [0.25, 0.3) is 11.3 Å². The summed E-state index contributed by atoms with van der Waals surface area (Å²) in [5.41, 5.74) is 2.65. The van der Waals surface area contributed by atoms with Gasteiger partial charge in [-0.05, 0) is 24.1 Å². The van der Waals surface area contributed by atoms with E-state index in [0.717, 1.165) is 35.4 Å². The van der Waals surface area contributed by atoms with E-state index in [0.29, 0.717) is 19.0 Å². The number of hydrogen-bond acceptors (Lipinski definition) is 5. The molecule has 5 heteroatoms. The van der Waals surface area contributed by atoms with Gasteiger partial charge in [0.05, 0.1) is 18.4 Å². The number of nitrogens with one attached hydrogen (secondary N) is 1. The number of aliphatic hydroxyl groups is 1. The summed E-state index contributed by atoms with van der Waals surface area (Å²) < 4.78 is 5.77. The molecule has 0 aliphatic heterocycles. The quantitative estimate of drug-likeness (QED) is 0.549. The highest BCUT2D eigenvalue weighted by atomic mass is 16.5. The van der Waals surface area contributed by atoms with Crippen LogP contribution < -0.4 is 10.1 Å². The maximum Gasteiger partial charge on any atom is 0.130 e. The number of aromatic nitrogens is 2. The van der Waals surface area contributed by atoms with E-state index in [2.05, 4.69) is 22.2 Å². The van der Waals surface area contributed by atoms with E-state index >= 15 is 0 Å². The zero-order valence-corrected chi connectivity index (χ0v) is 15.5. The van der Waals surface area contributed by atoms with Gasteiger partial charge in [0.25, 0.3) is 0 Å². The van der Waals surface area contributed by atoms with E-state index in [1.54, 1.807) is 0 Å². The number of hydrogen-bond donors (Lipinski definition) is 2. The number of rotatable bonds is 9. The molecule has 0 spiro atoms. The van der Waals surface area contributed by atoms with Gasteiger partial charge in [0.1, 0.15) is 17.9 Å². The number of ether oxygens (including phenoxy) is 1. The Hall–Kier alpha value is -2.92. The van der Waals surface area contributed by atoms with Crippen molar-refractivity contribution in [3.63, 3.8) is 0 Å². The summed E-state index contributed by atoms with van der Waals surface area (Å²) >= 11 is 0. The molecule has 140 valence electrons. The molecule has 3 rings (SSSR count). The van der Waals surface area contributed by atoms with Crippen LogP contribution >= 0.6 is 0 Å². The topological polar surface area (TPSA) is 67.3 Å². The molecule has 0 bridgehead atoms. The minimum Gasteiger partial charge on any atom is -0.494 e. The Morgan fingerprint density at radius 2 is 1.89 bits per heavy atom. The van der Waals surface area contributed by atoms with Crippen LogP contribution in [-0.4, -0.2) is 28.2 Å². The zero-order valence-electron chi connectivity index (χ0n) is 15.5. The van der Waals surface area contributed by atoms with Crippen molar-refractivity contribution in [2.75, 3.05) is 18.5 Å². The van der Waals surface area contributed by atoms with Crippen molar-refractivity contribution in [3.05, 3.63) is 72.6 Å². The van der Waals surface area contributed by atoms with Gasteiger partial charge in [0, 0.05) is 18.2 Å². The molecule has 0 aliphatic rings. The summed E-state index contributed by atoms with van der Waals surface area (Å²) in [6, 6.07) is 19.3. The van der Waals surface area contributed by atoms with Crippen molar-refractivity contribution in [1.29, 1.82) is 0 Å². The van der Waals surface area contributed by atoms with Crippen molar-refractivity contribution < 1.29 is 9.84 Å². The Balaban J connectivity index is 1.66. The van der Waals surface area contributed by atoms with Gasteiger partial charge in [0.2, 0.25) is 0 Å². The molecule has 0 saturated heterocycles. The molecule has 0 aliphatic carbocycles. The molecule has 1 aromatic heterocycles. The second kappa shape index (κ2) is 9.69. The highest BCUT2D eigenvalue weighted by Gasteiger charge is 2.08. The number of aliphatic hydroxyl groups excluding tert-OH is 1. The molecule has 3 aromatic rings. The fourth-order valence-corrected chi connectivity index (χ4v) is 2.69. The van der Waals surface area contributed by atoms with Crippen LogP contribution in [0.1, 0.15) is 31.4 Å². The van der Waals surface area contributed by atoms with Crippen molar-refractivity contribution in [1.82, 2.24) is 9.97 Å². The van der Waals surface area contributed by atoms with E-state index in [-0.39, 0.29) is 0 Å². The first-order valence-corrected chi connectivity index (χ1v) is 9.28. The molecule has 0 unspecified atom stereocenters. The first kappa shape index (κ1) is 18.9. The van der Waals surface area contributed by atoms with Crippen LogP contribution in [0.4, 0.5) is 5.82 Å². The van der Waals surface area contributed by atoms with Crippen molar-refractivity contribution in [3.8, 4) is 17.0 Å². The molecule has 2 N–H and O–H groups in total. The smallest absolute Gasteiger partial charge is 0.130 e. The average Bonchev–Trinajstić information content (AvgIpc) is 2.73. The third-order valence-electron chi connectivity index (χ3n) is 4.22. The summed E-state index contributed by atoms with van der Waals surface area (Å²) in [6.07, 6.45) is 3.07. The Morgan fingerprint density at radius 3 is 2.70 bits per heavy atom. The van der Waals surface area contributed by atoms with Gasteiger partial charge in [-0.1, -0.05) is 55.8 Å². The Morgan fingerprint density at radius 1 is 1.04 bits per heavy atom. The van der Waals surface area contributed by atoms with Crippen LogP contribution in [0, 0.1) is 0 Å². The van der Waals surface area contributed by atoms with Gasteiger partial charge >= 0.3 is 0 Å². The van der Waals surface area contributed by atoms with Gasteiger partial charge in [-0.3, -0.25) is 0 Å². The predicted octanol–water partition coefficient (Wildman–Crippen LogP) is 4.47. The minimum atomic E-state index is -0.597. The van der Waals surface area contributed by atoms with E-state index in [4.69, 9.17) is 4.74 Å². The molecule has 0 amide bonds. The van der Waals surface area contributed by atoms with Gasteiger partial charge in [-0.15, -0.1) is 0 Å². The van der Waals surface area contributed by atoms with E-state index < -0.39 is 6.10 Å². The van der Waals surface area contributed by atoms with Gasteiger partial charge in [-0.25, -0.2) is 9.97 Å². The summed E-state index contributed by atoms with van der Waals surface area (Å²) in [7, 11) is 0. The molecule has 1 heterocycles. The highest BCUT2D eigenvalue weighted by molar-refractivity contribution is 5.63. The van der Waals surface area contributed by atoms with Gasteiger partial charge < -0.3 is 15.2 Å². The second-order valence-electron chi connectivity index (χ2n) is 6.33. The molecule has 1 atom stereocenters. The lowest BCUT2D eigenvalue weighted by molar-refractivity contribution is 0.191. The monoisotopic (exact) mass is 363 g/mol. The van der Waals surface area contributed by atoms with Crippen LogP contribution in [0.5, 0.6) is 5.75 Å². The molecule has 5 nitrogen and oxygen atoms in total. The maximum absolute atomic E-state index is 10.3. The largest absolute Gasteiger partial charge is 0.494 e. The number of benzene rings is 2. The van der Waals surface area contributed by atoms with Crippen LogP contribution in [0.3, 0.4) is 0 Å². The first-order chi connectivity index (χ1) is 13.3. The molecular formula is C22H25N3O2. The molecular weight excluding hydrogens is 338 g/mol. The lowest BCUT2D eigenvalue weighted by Gasteiger charge is -2.13. The van der Waals surface area contributed by atoms with E-state index in [1.165, 1.54) is 6.33 Å². The molecule has 2 aromatic carbocycles. The Labute approximate surface area is 160 Å². The van der Waals surface area contributed by atoms with Gasteiger partial charge in [0.15, 0.2) is 0 Å². The second-order valence-corrected chi connectivity index (χ2v) is 6.33. The molecule has 27 heavy (non-hydrogen) atoms. The van der Waals surface area contributed by atoms with Crippen LogP contribution in [0.2, 0.25) is 0 Å². The SMILES string of the molecule is CCCCOc1cccc(-c2cc(NC[C@H](O)c3ccccc3)ncn2)c1. The number of unbranched alkanes of at least 4 members (excludes halogenated alkanes) is 1. The fraction of sp³-hybridized carbons (Fsp3) is 0.273. The van der Waals surface area contributed by atoms with Crippen LogP contribution in [-0.2, 0) is 0 Å². The molecule has 0 fully saturated rings. The summed E-state index contributed by atoms with van der Waals surface area (Å²) in [5.74, 6) is 1.51. The predicted molar refractivity (Wildman–Crippen MR) is 108 cm³/mol. The summed E-state index contributed by atoms with van der Waals surface area (Å²) in [6.45, 7) is 3.23. The first-order valence-electron chi connectivity index (χ1n) is 9.28. The minimum absolute atomic E-state index is 0.376. The van der Waals surface area contributed by atoms with E-state index in [1.807, 2.05) is 60.7 Å². The van der Waals surface area contributed by atoms with E-state index in [9.17, 15) is 5.11 Å². The lowest BCUT2D eigenvalue weighted by Crippen LogP contribution is -2.13. The Kier molecular flexibility index (Phi) is 6.77. The molecule has 0 radical (unpaired) electrons. The average molecular weight is 363 g/mol. The maximum atomic E-state index is 10.3. The number of anilines is 1. The third kappa shape index (κ3) is 5.53. The summed E-state index contributed by atoms with van der Waals surface area (Å²) in [4.78, 5) is 8.61. The number of nitrogens with zero attached hydrogens (tertiary/aromatic N) is 2. The molecule has 0 saturated carbocycles. The van der Waals surface area contributed by atoms with Crippen molar-refractivity contribution in [2.24, 2.45) is 0 Å². The van der Waals surface area contributed by atoms with Crippen molar-refractivity contribution >= 4 is 5.82 Å². The highest BCUT2D eigenvalue weighted by Crippen LogP contribution is 2.24. The third-order valence-corrected chi connectivity index (χ3v) is 4.22.